The number of hydrogen-bond acceptors (Lipinski definition) is 3. The molecule has 1 amide bonds. The maximum Gasteiger partial charge on any atom is 0.234 e. The quantitative estimate of drug-likeness (QED) is 0.762. The Labute approximate surface area is 114 Å². The summed E-state index contributed by atoms with van der Waals surface area (Å²) in [6.07, 6.45) is 3.29. The minimum absolute atomic E-state index is 0.0535. The first kappa shape index (κ1) is 14.0. The molecule has 4 nitrogen and oxygen atoms in total. The molecule has 4 heteroatoms. The van der Waals surface area contributed by atoms with E-state index in [9.17, 15) is 4.79 Å². The Kier molecular flexibility index (Phi) is 5.36. The minimum Gasteiger partial charge on any atom is -0.383 e. The van der Waals surface area contributed by atoms with Crippen molar-refractivity contribution in [3.8, 4) is 0 Å². The molecule has 0 saturated carbocycles. The van der Waals surface area contributed by atoms with Crippen LogP contribution in [-0.2, 0) is 16.0 Å². The molecule has 0 radical (unpaired) electrons. The fourth-order valence-electron chi connectivity index (χ4n) is 2.53. The van der Waals surface area contributed by atoms with E-state index in [0.29, 0.717) is 19.7 Å². The Morgan fingerprint density at radius 2 is 2.26 bits per heavy atom. The molecule has 0 bridgehead atoms. The average Bonchev–Trinajstić information content (AvgIpc) is 2.44. The van der Waals surface area contributed by atoms with Crippen LogP contribution in [0.2, 0.25) is 0 Å². The number of carbonyl (C=O) groups is 1. The smallest absolute Gasteiger partial charge is 0.234 e. The number of benzene rings is 1. The summed E-state index contributed by atoms with van der Waals surface area (Å²) in [5, 5.41) is 6.17. The Hall–Kier alpha value is -1.39. The van der Waals surface area contributed by atoms with Crippen LogP contribution in [-0.4, -0.2) is 32.7 Å². The van der Waals surface area contributed by atoms with Crippen molar-refractivity contribution in [1.29, 1.82) is 0 Å². The Morgan fingerprint density at radius 1 is 1.42 bits per heavy atom. The third-order valence-corrected chi connectivity index (χ3v) is 3.47. The molecular weight excluding hydrogens is 240 g/mol. The number of hydrogen-bond donors (Lipinski definition) is 2. The fourth-order valence-corrected chi connectivity index (χ4v) is 2.53. The number of carbonyl (C=O) groups excluding carboxylic acids is 1. The van der Waals surface area contributed by atoms with Crippen LogP contribution in [0.5, 0.6) is 0 Å². The second-order valence-corrected chi connectivity index (χ2v) is 4.88. The lowest BCUT2D eigenvalue weighted by atomic mass is 9.88. The zero-order valence-corrected chi connectivity index (χ0v) is 11.4. The van der Waals surface area contributed by atoms with Gasteiger partial charge in [-0.1, -0.05) is 24.3 Å². The summed E-state index contributed by atoms with van der Waals surface area (Å²) >= 11 is 0. The molecule has 104 valence electrons. The molecule has 1 aliphatic rings. The van der Waals surface area contributed by atoms with E-state index in [1.807, 2.05) is 6.07 Å². The van der Waals surface area contributed by atoms with E-state index in [4.69, 9.17) is 4.74 Å². The van der Waals surface area contributed by atoms with E-state index in [0.717, 1.165) is 19.3 Å². The normalized spacial score (nSPS) is 17.8. The number of fused-ring (bicyclic) bond motifs is 1. The summed E-state index contributed by atoms with van der Waals surface area (Å²) in [5.74, 6) is 0.0535. The summed E-state index contributed by atoms with van der Waals surface area (Å²) in [6, 6.07) is 8.55. The first-order valence-electron chi connectivity index (χ1n) is 6.88. The van der Waals surface area contributed by atoms with Gasteiger partial charge in [0.1, 0.15) is 0 Å². The summed E-state index contributed by atoms with van der Waals surface area (Å²) in [4.78, 5) is 11.9. The van der Waals surface area contributed by atoms with Gasteiger partial charge in [0.2, 0.25) is 5.91 Å². The van der Waals surface area contributed by atoms with E-state index < -0.39 is 0 Å². The fraction of sp³-hybridized carbons (Fsp3) is 0.533. The van der Waals surface area contributed by atoms with Crippen molar-refractivity contribution in [1.82, 2.24) is 10.6 Å². The standard InChI is InChI=1S/C15H22N2O2/c1-19-10-9-16-11-15(18)17-14-8-4-6-12-5-2-3-7-13(12)14/h2-3,5,7,14,16H,4,6,8-11H2,1H3,(H,17,18). The lowest BCUT2D eigenvalue weighted by Gasteiger charge is -2.26. The third-order valence-electron chi connectivity index (χ3n) is 3.47. The van der Waals surface area contributed by atoms with Crippen molar-refractivity contribution in [3.63, 3.8) is 0 Å². The van der Waals surface area contributed by atoms with E-state index in [1.165, 1.54) is 11.1 Å². The predicted octanol–water partition coefficient (Wildman–Crippen LogP) is 1.42. The molecule has 0 fully saturated rings. The first-order valence-corrected chi connectivity index (χ1v) is 6.88. The van der Waals surface area contributed by atoms with E-state index in [1.54, 1.807) is 7.11 Å². The number of rotatable bonds is 6. The minimum atomic E-state index is 0.0535. The predicted molar refractivity (Wildman–Crippen MR) is 75.0 cm³/mol. The highest BCUT2D eigenvalue weighted by molar-refractivity contribution is 5.78. The SMILES string of the molecule is COCCNCC(=O)NC1CCCc2ccccc21. The maximum absolute atomic E-state index is 11.9. The molecule has 19 heavy (non-hydrogen) atoms. The van der Waals surface area contributed by atoms with Gasteiger partial charge in [0, 0.05) is 13.7 Å². The van der Waals surface area contributed by atoms with E-state index in [2.05, 4.69) is 28.8 Å². The topological polar surface area (TPSA) is 50.4 Å². The largest absolute Gasteiger partial charge is 0.383 e. The van der Waals surface area contributed by atoms with Crippen molar-refractivity contribution >= 4 is 5.91 Å². The van der Waals surface area contributed by atoms with Crippen LogP contribution in [0.4, 0.5) is 0 Å². The summed E-state index contributed by atoms with van der Waals surface area (Å²) < 4.78 is 4.93. The molecule has 0 aliphatic heterocycles. The molecule has 1 aliphatic carbocycles. The summed E-state index contributed by atoms with van der Waals surface area (Å²) in [6.45, 7) is 1.67. The second kappa shape index (κ2) is 7.26. The van der Waals surface area contributed by atoms with Crippen molar-refractivity contribution in [2.75, 3.05) is 26.8 Å². The number of ether oxygens (including phenoxy) is 1. The van der Waals surface area contributed by atoms with Gasteiger partial charge in [-0.05, 0) is 30.4 Å². The van der Waals surface area contributed by atoms with Gasteiger partial charge in [-0.3, -0.25) is 4.79 Å². The van der Waals surface area contributed by atoms with Crippen molar-refractivity contribution in [2.24, 2.45) is 0 Å². The van der Waals surface area contributed by atoms with Gasteiger partial charge in [-0.25, -0.2) is 0 Å². The third kappa shape index (κ3) is 4.04. The Balaban J connectivity index is 1.85. The number of nitrogens with one attached hydrogen (secondary N) is 2. The lowest BCUT2D eigenvalue weighted by Crippen LogP contribution is -2.38. The molecule has 0 saturated heterocycles. The first-order chi connectivity index (χ1) is 9.31. The van der Waals surface area contributed by atoms with Crippen LogP contribution in [0.3, 0.4) is 0 Å². The van der Waals surface area contributed by atoms with Crippen LogP contribution in [0.15, 0.2) is 24.3 Å². The Morgan fingerprint density at radius 3 is 3.11 bits per heavy atom. The number of methoxy groups -OCH3 is 1. The maximum atomic E-state index is 11.9. The van der Waals surface area contributed by atoms with Gasteiger partial charge in [-0.2, -0.15) is 0 Å². The Bertz CT molecular complexity index is 420. The van der Waals surface area contributed by atoms with E-state index >= 15 is 0 Å². The second-order valence-electron chi connectivity index (χ2n) is 4.88. The number of amides is 1. The van der Waals surface area contributed by atoms with Gasteiger partial charge < -0.3 is 15.4 Å². The van der Waals surface area contributed by atoms with E-state index in [-0.39, 0.29) is 11.9 Å². The molecule has 1 unspecified atom stereocenters. The number of aryl methyl sites for hydroxylation is 1. The van der Waals surface area contributed by atoms with Crippen LogP contribution >= 0.6 is 0 Å². The van der Waals surface area contributed by atoms with Gasteiger partial charge in [-0.15, -0.1) is 0 Å². The highest BCUT2D eigenvalue weighted by Crippen LogP contribution is 2.29. The molecule has 0 heterocycles. The molecular formula is C15H22N2O2. The van der Waals surface area contributed by atoms with Gasteiger partial charge in [0.05, 0.1) is 19.2 Å². The zero-order valence-electron chi connectivity index (χ0n) is 11.4. The molecule has 1 atom stereocenters. The van der Waals surface area contributed by atoms with Crippen molar-refractivity contribution < 1.29 is 9.53 Å². The van der Waals surface area contributed by atoms with Gasteiger partial charge >= 0.3 is 0 Å². The zero-order chi connectivity index (χ0) is 13.5. The van der Waals surface area contributed by atoms with Crippen molar-refractivity contribution in [2.45, 2.75) is 25.3 Å². The summed E-state index contributed by atoms with van der Waals surface area (Å²) in [7, 11) is 1.65. The molecule has 0 aromatic heterocycles. The van der Waals surface area contributed by atoms with Gasteiger partial charge in [0.25, 0.3) is 0 Å². The highest BCUT2D eigenvalue weighted by atomic mass is 16.5. The van der Waals surface area contributed by atoms with Crippen LogP contribution in [0, 0.1) is 0 Å². The molecule has 1 aromatic carbocycles. The summed E-state index contributed by atoms with van der Waals surface area (Å²) in [5.41, 5.74) is 2.64. The monoisotopic (exact) mass is 262 g/mol. The molecule has 2 rings (SSSR count). The molecule has 1 aromatic rings. The molecule has 0 spiro atoms. The molecule has 2 N–H and O–H groups in total. The van der Waals surface area contributed by atoms with Crippen LogP contribution < -0.4 is 10.6 Å². The highest BCUT2D eigenvalue weighted by Gasteiger charge is 2.20. The lowest BCUT2D eigenvalue weighted by molar-refractivity contribution is -0.121. The van der Waals surface area contributed by atoms with Crippen LogP contribution in [0.1, 0.15) is 30.0 Å². The average molecular weight is 262 g/mol. The van der Waals surface area contributed by atoms with Crippen LogP contribution in [0.25, 0.3) is 0 Å². The van der Waals surface area contributed by atoms with Crippen molar-refractivity contribution in [3.05, 3.63) is 35.4 Å². The van der Waals surface area contributed by atoms with Gasteiger partial charge in [0.15, 0.2) is 0 Å².